The van der Waals surface area contributed by atoms with E-state index in [0.717, 1.165) is 26.1 Å². The fraction of sp³-hybridized carbons (Fsp3) is 0.917. The smallest absolute Gasteiger partial charge is 0.233 e. The fourth-order valence-corrected chi connectivity index (χ4v) is 2.55. The van der Waals surface area contributed by atoms with Gasteiger partial charge in [0.25, 0.3) is 0 Å². The van der Waals surface area contributed by atoms with Crippen LogP contribution in [-0.2, 0) is 4.79 Å². The van der Waals surface area contributed by atoms with Gasteiger partial charge in [-0.15, -0.1) is 0 Å². The van der Waals surface area contributed by atoms with Crippen LogP contribution in [0.1, 0.15) is 32.6 Å². The van der Waals surface area contributed by atoms with E-state index in [1.165, 1.54) is 19.4 Å². The summed E-state index contributed by atoms with van der Waals surface area (Å²) in [5.74, 6) is 4.96. The second-order valence-corrected chi connectivity index (χ2v) is 4.86. The maximum absolute atomic E-state index is 11.0. The number of nitrogens with two attached hydrogens (primary N) is 1. The van der Waals surface area contributed by atoms with Crippen molar-refractivity contribution >= 4 is 5.91 Å². The minimum atomic E-state index is -0.0746. The molecule has 0 saturated carbocycles. The molecule has 1 saturated heterocycles. The zero-order valence-electron chi connectivity index (χ0n) is 11.1. The first-order valence-corrected chi connectivity index (χ1v) is 6.59. The Morgan fingerprint density at radius 2 is 2.35 bits per heavy atom. The van der Waals surface area contributed by atoms with Crippen LogP contribution in [0.2, 0.25) is 0 Å². The van der Waals surface area contributed by atoms with Gasteiger partial charge in [-0.05, 0) is 45.9 Å². The number of carbonyl (C=O) groups excluding carboxylic acids is 1. The molecule has 0 aromatic rings. The summed E-state index contributed by atoms with van der Waals surface area (Å²) in [5, 5.41) is 0. The van der Waals surface area contributed by atoms with Crippen LogP contribution in [0, 0.1) is 0 Å². The number of likely N-dealkylation sites (N-methyl/N-ethyl adjacent to an activating group) is 2. The summed E-state index contributed by atoms with van der Waals surface area (Å²) in [6.45, 7) is 6.68. The van der Waals surface area contributed by atoms with Crippen LogP contribution in [0.4, 0.5) is 0 Å². The van der Waals surface area contributed by atoms with Gasteiger partial charge in [-0.1, -0.05) is 6.92 Å². The molecule has 100 valence electrons. The number of nitrogens with zero attached hydrogens (tertiary/aromatic N) is 2. The molecule has 1 unspecified atom stereocenters. The molecule has 1 aliphatic heterocycles. The van der Waals surface area contributed by atoms with Crippen LogP contribution in [0.25, 0.3) is 0 Å². The second-order valence-electron chi connectivity index (χ2n) is 4.86. The van der Waals surface area contributed by atoms with Crippen molar-refractivity contribution in [3.63, 3.8) is 0 Å². The van der Waals surface area contributed by atoms with Gasteiger partial charge in [0.2, 0.25) is 5.91 Å². The fourth-order valence-electron chi connectivity index (χ4n) is 2.55. The van der Waals surface area contributed by atoms with Crippen molar-refractivity contribution < 1.29 is 4.79 Å². The number of hydrogen-bond acceptors (Lipinski definition) is 4. The minimum Gasteiger partial charge on any atom is -0.305 e. The van der Waals surface area contributed by atoms with E-state index >= 15 is 0 Å². The maximum Gasteiger partial charge on any atom is 0.233 e. The predicted octanol–water partition coefficient (Wildman–Crippen LogP) is 0.173. The molecule has 1 aliphatic rings. The van der Waals surface area contributed by atoms with Gasteiger partial charge in [0.1, 0.15) is 0 Å². The second kappa shape index (κ2) is 7.63. The van der Waals surface area contributed by atoms with Crippen molar-refractivity contribution in [3.05, 3.63) is 0 Å². The van der Waals surface area contributed by atoms with Gasteiger partial charge < -0.3 is 4.90 Å². The molecular formula is C12H26N4O. The van der Waals surface area contributed by atoms with E-state index in [0.29, 0.717) is 12.5 Å². The normalized spacial score (nSPS) is 21.1. The average molecular weight is 242 g/mol. The standard InChI is InChI=1S/C12H26N4O/c1-3-16-9-4-6-11(16)10-15(2)8-5-7-12(17)14-13/h11H,3-10,13H2,1-2H3,(H,14,17). The summed E-state index contributed by atoms with van der Waals surface area (Å²) in [6, 6.07) is 0.702. The number of likely N-dealkylation sites (tertiary alicyclic amines) is 1. The molecule has 0 aliphatic carbocycles. The van der Waals surface area contributed by atoms with Gasteiger partial charge in [-0.2, -0.15) is 0 Å². The third-order valence-electron chi connectivity index (χ3n) is 3.53. The molecule has 1 fully saturated rings. The van der Waals surface area contributed by atoms with Gasteiger partial charge in [-0.3, -0.25) is 15.1 Å². The summed E-state index contributed by atoms with van der Waals surface area (Å²) in [7, 11) is 2.13. The zero-order valence-corrected chi connectivity index (χ0v) is 11.1. The molecule has 0 aromatic carbocycles. The Hall–Kier alpha value is -0.650. The van der Waals surface area contributed by atoms with E-state index in [-0.39, 0.29) is 5.91 Å². The number of carbonyl (C=O) groups is 1. The molecule has 5 heteroatoms. The molecular weight excluding hydrogens is 216 g/mol. The topological polar surface area (TPSA) is 61.6 Å². The number of hydrazine groups is 1. The Balaban J connectivity index is 2.15. The molecule has 0 radical (unpaired) electrons. The Kier molecular flexibility index (Phi) is 6.47. The summed E-state index contributed by atoms with van der Waals surface area (Å²) >= 11 is 0. The van der Waals surface area contributed by atoms with Gasteiger partial charge in [0, 0.05) is 19.0 Å². The van der Waals surface area contributed by atoms with Gasteiger partial charge in [0.05, 0.1) is 0 Å². The number of amides is 1. The van der Waals surface area contributed by atoms with Crippen molar-refractivity contribution in [2.75, 3.05) is 33.2 Å². The van der Waals surface area contributed by atoms with Crippen LogP contribution in [-0.4, -0.2) is 55.0 Å². The Labute approximate surface area is 104 Å². The van der Waals surface area contributed by atoms with Gasteiger partial charge in [-0.25, -0.2) is 5.84 Å². The van der Waals surface area contributed by atoms with Crippen molar-refractivity contribution in [2.24, 2.45) is 5.84 Å². The molecule has 0 bridgehead atoms. The molecule has 1 amide bonds. The van der Waals surface area contributed by atoms with E-state index in [1.54, 1.807) is 0 Å². The number of nitrogens with one attached hydrogen (secondary N) is 1. The van der Waals surface area contributed by atoms with Gasteiger partial charge >= 0.3 is 0 Å². The number of rotatable bonds is 7. The van der Waals surface area contributed by atoms with Crippen molar-refractivity contribution in [2.45, 2.75) is 38.6 Å². The highest BCUT2D eigenvalue weighted by molar-refractivity contribution is 5.75. The largest absolute Gasteiger partial charge is 0.305 e. The lowest BCUT2D eigenvalue weighted by molar-refractivity contribution is -0.121. The van der Waals surface area contributed by atoms with E-state index in [4.69, 9.17) is 5.84 Å². The molecule has 0 aromatic heterocycles. The minimum absolute atomic E-state index is 0.0746. The first-order chi connectivity index (χ1) is 8.17. The van der Waals surface area contributed by atoms with Crippen LogP contribution in [0.15, 0.2) is 0 Å². The average Bonchev–Trinajstić information content (AvgIpc) is 2.76. The Morgan fingerprint density at radius 3 is 3.00 bits per heavy atom. The van der Waals surface area contributed by atoms with E-state index < -0.39 is 0 Å². The van der Waals surface area contributed by atoms with Crippen molar-refractivity contribution in [1.82, 2.24) is 15.2 Å². The van der Waals surface area contributed by atoms with Crippen LogP contribution < -0.4 is 11.3 Å². The third kappa shape index (κ3) is 5.02. The van der Waals surface area contributed by atoms with Crippen LogP contribution in [0.5, 0.6) is 0 Å². The Bertz CT molecular complexity index is 235. The summed E-state index contributed by atoms with van der Waals surface area (Å²) < 4.78 is 0. The lowest BCUT2D eigenvalue weighted by atomic mass is 10.2. The highest BCUT2D eigenvalue weighted by Crippen LogP contribution is 2.17. The highest BCUT2D eigenvalue weighted by Gasteiger charge is 2.23. The monoisotopic (exact) mass is 242 g/mol. The molecule has 1 heterocycles. The SMILES string of the molecule is CCN1CCCC1CN(C)CCCC(=O)NN. The summed E-state index contributed by atoms with van der Waals surface area (Å²) in [4.78, 5) is 15.8. The van der Waals surface area contributed by atoms with E-state index in [9.17, 15) is 4.79 Å². The summed E-state index contributed by atoms with van der Waals surface area (Å²) in [6.07, 6.45) is 4.02. The van der Waals surface area contributed by atoms with Crippen molar-refractivity contribution in [3.8, 4) is 0 Å². The molecule has 0 spiro atoms. The number of hydrogen-bond donors (Lipinski definition) is 2. The van der Waals surface area contributed by atoms with Crippen LogP contribution in [0.3, 0.4) is 0 Å². The van der Waals surface area contributed by atoms with Gasteiger partial charge in [0.15, 0.2) is 0 Å². The molecule has 1 atom stereocenters. The quantitative estimate of drug-likeness (QED) is 0.380. The molecule has 3 N–H and O–H groups in total. The first-order valence-electron chi connectivity index (χ1n) is 6.59. The lowest BCUT2D eigenvalue weighted by Crippen LogP contribution is -2.39. The maximum atomic E-state index is 11.0. The molecule has 1 rings (SSSR count). The lowest BCUT2D eigenvalue weighted by Gasteiger charge is -2.27. The van der Waals surface area contributed by atoms with Crippen LogP contribution >= 0.6 is 0 Å². The molecule has 17 heavy (non-hydrogen) atoms. The predicted molar refractivity (Wildman–Crippen MR) is 69.3 cm³/mol. The first kappa shape index (κ1) is 14.4. The molecule has 5 nitrogen and oxygen atoms in total. The zero-order chi connectivity index (χ0) is 12.7. The Morgan fingerprint density at radius 1 is 1.59 bits per heavy atom. The summed E-state index contributed by atoms with van der Waals surface area (Å²) in [5.41, 5.74) is 2.16. The van der Waals surface area contributed by atoms with E-state index in [1.807, 2.05) is 0 Å². The van der Waals surface area contributed by atoms with E-state index in [2.05, 4.69) is 29.2 Å². The highest BCUT2D eigenvalue weighted by atomic mass is 16.2. The van der Waals surface area contributed by atoms with Crippen molar-refractivity contribution in [1.29, 1.82) is 0 Å². The third-order valence-corrected chi connectivity index (χ3v) is 3.53.